The number of imidazole rings is 1. The maximum absolute atomic E-state index is 15.4. The summed E-state index contributed by atoms with van der Waals surface area (Å²) in [5.41, 5.74) is -13.6. The molecule has 0 unspecified atom stereocenters. The molecule has 0 bridgehead atoms. The third kappa shape index (κ3) is 7.03. The largest absolute Gasteiger partial charge is 0.290 e. The van der Waals surface area contributed by atoms with Crippen LogP contribution in [-0.2, 0) is 13.6 Å². The molecule has 5 aromatic carbocycles. The Morgan fingerprint density at radius 1 is 0.443 bits per heavy atom. The van der Waals surface area contributed by atoms with E-state index < -0.39 is 144 Å². The van der Waals surface area contributed by atoms with Crippen LogP contribution in [0.2, 0.25) is 0 Å². The molecule has 0 aliphatic heterocycles. The van der Waals surface area contributed by atoms with E-state index in [1.807, 2.05) is 65.8 Å². The summed E-state index contributed by atoms with van der Waals surface area (Å²) < 4.78 is 298. The van der Waals surface area contributed by atoms with Crippen LogP contribution in [0, 0.1) is 123 Å². The van der Waals surface area contributed by atoms with E-state index in [4.69, 9.17) is 0 Å². The van der Waals surface area contributed by atoms with Crippen LogP contribution in [-0.4, -0.2) is 16.5 Å². The van der Waals surface area contributed by atoms with Crippen LogP contribution in [0.25, 0.3) is 0 Å². The summed E-state index contributed by atoms with van der Waals surface area (Å²) in [4.78, 5) is 11.9. The molecule has 0 saturated heterocycles. The summed E-state index contributed by atoms with van der Waals surface area (Å²) in [5, 5.41) is 0. The second kappa shape index (κ2) is 16.6. The lowest BCUT2D eigenvalue weighted by molar-refractivity contribution is -0.677. The molecule has 1 aromatic heterocycles. The summed E-state index contributed by atoms with van der Waals surface area (Å²) in [7, 11) is 1.97. The van der Waals surface area contributed by atoms with Crippen LogP contribution in [0.3, 0.4) is 0 Å². The molecule has 0 fully saturated rings. The van der Waals surface area contributed by atoms with Gasteiger partial charge in [0.2, 0.25) is 5.78 Å². The molecule has 3 nitrogen and oxygen atoms in total. The summed E-state index contributed by atoms with van der Waals surface area (Å²) in [6, 6.07) is 9.38. The number of hydrogen-bond acceptors (Lipinski definition) is 1. The van der Waals surface area contributed by atoms with Gasteiger partial charge in [0, 0.05) is 12.5 Å². The number of benzene rings is 5. The van der Waals surface area contributed by atoms with Gasteiger partial charge in [-0.2, -0.15) is 0 Å². The van der Waals surface area contributed by atoms with Crippen molar-refractivity contribution >= 4 is 33.8 Å². The number of nitrogens with zero attached hydrogens (tertiary/aromatic N) is 2. The molecular weight excluding hydrogens is 879 g/mol. The highest BCUT2D eigenvalue weighted by Gasteiger charge is 2.52. The van der Waals surface area contributed by atoms with Gasteiger partial charge in [0.1, 0.15) is 65.1 Å². The molecule has 0 N–H and O–H groups in total. The third-order valence-electron chi connectivity index (χ3n) is 9.51. The van der Waals surface area contributed by atoms with E-state index in [9.17, 15) is 57.5 Å². The van der Waals surface area contributed by atoms with Gasteiger partial charge in [0.25, 0.3) is 5.82 Å². The van der Waals surface area contributed by atoms with Gasteiger partial charge in [-0.05, 0) is 0 Å². The van der Waals surface area contributed by atoms with Crippen molar-refractivity contribution in [2.45, 2.75) is 13.5 Å². The first kappa shape index (κ1) is 45.7. The molecule has 24 heteroatoms. The van der Waals surface area contributed by atoms with Crippen molar-refractivity contribution in [1.29, 1.82) is 0 Å². The Kier molecular flexibility index (Phi) is 12.4. The lowest BCUT2D eigenvalue weighted by Gasteiger charge is -2.44. The topological polar surface area (TPSA) is 25.9 Å². The average molecular weight is 894 g/mol. The third-order valence-corrected chi connectivity index (χ3v) is 9.51. The van der Waals surface area contributed by atoms with Gasteiger partial charge in [0.15, 0.2) is 76.4 Å². The fourth-order valence-corrected chi connectivity index (χ4v) is 6.51. The first-order chi connectivity index (χ1) is 28.4. The molecule has 1 heterocycles. The van der Waals surface area contributed by atoms with Crippen molar-refractivity contribution in [3.63, 3.8) is 0 Å². The van der Waals surface area contributed by atoms with Gasteiger partial charge in [0.05, 0.1) is 7.05 Å². The molecule has 6 rings (SSSR count). The van der Waals surface area contributed by atoms with Crippen molar-refractivity contribution in [1.82, 2.24) is 4.57 Å². The number of aryl methyl sites for hydroxylation is 1. The van der Waals surface area contributed by atoms with Gasteiger partial charge in [-0.15, -0.1) is 21.9 Å². The van der Waals surface area contributed by atoms with Crippen LogP contribution < -0.4 is 26.4 Å². The highest BCUT2D eigenvalue weighted by molar-refractivity contribution is 7.20. The Hall–Kier alpha value is -6.36. The molecule has 0 atom stereocenters. The van der Waals surface area contributed by atoms with Crippen LogP contribution >= 0.6 is 0 Å². The van der Waals surface area contributed by atoms with Crippen LogP contribution in [0.5, 0.6) is 0 Å². The monoisotopic (exact) mass is 894 g/mol. The normalized spacial score (nSPS) is 11.6. The SMILES string of the molecule is Cc1n(CC(=O)c2ccccc2)cc[n+]1C.Fc1c(F)c(F)c([B-](c2c(F)c(F)c(F)c(F)c2F)(c2c(F)c(F)c(F)c(F)c2F)c2c(F)c(F)c(F)c(F)c2F)c(F)c1F. The van der Waals surface area contributed by atoms with E-state index >= 15 is 35.1 Å². The van der Waals surface area contributed by atoms with Crippen molar-refractivity contribution in [3.8, 4) is 0 Å². The zero-order valence-corrected chi connectivity index (χ0v) is 29.7. The highest BCUT2D eigenvalue weighted by atomic mass is 19.2. The number of Topliss-reactive ketones (excluding diaryl/α,β-unsaturated/α-hetero) is 1. The maximum atomic E-state index is 15.4. The molecular formula is C37H15BF20N2O. The summed E-state index contributed by atoms with van der Waals surface area (Å²) in [6.45, 7) is 2.40. The number of aromatic nitrogens is 2. The van der Waals surface area contributed by atoms with Crippen LogP contribution in [0.15, 0.2) is 42.7 Å². The standard InChI is InChI=1S/C24BF20.C13H15N2O/c26-5-1(6(27)14(35)21(42)13(5)34)25(2-7(28)15(36)22(43)16(37)8(2)29,3-9(30)17(38)23(44)18(39)10(3)31)4-11(32)19(40)24(45)20(41)12(4)33;1-11-14(2)8-9-15(11)10-13(16)12-6-4-3-5-7-12/h;3-9H,10H2,1-2H3/q-1;+1. The minimum atomic E-state index is -7.22. The van der Waals surface area contributed by atoms with Crippen LogP contribution in [0.1, 0.15) is 16.2 Å². The highest BCUT2D eigenvalue weighted by Crippen LogP contribution is 2.30. The lowest BCUT2D eigenvalue weighted by Crippen LogP contribution is -2.81. The number of hydrogen-bond donors (Lipinski definition) is 0. The van der Waals surface area contributed by atoms with Crippen molar-refractivity contribution in [2.75, 3.05) is 0 Å². The molecule has 0 aliphatic carbocycles. The van der Waals surface area contributed by atoms with Gasteiger partial charge >= 0.3 is 0 Å². The molecule has 0 spiro atoms. The van der Waals surface area contributed by atoms with E-state index in [-0.39, 0.29) is 5.78 Å². The molecule has 0 radical (unpaired) electrons. The maximum Gasteiger partial charge on any atom is 0.253 e. The van der Waals surface area contributed by atoms with E-state index in [1.54, 1.807) is 0 Å². The average Bonchev–Trinajstić information content (AvgIpc) is 3.56. The summed E-state index contributed by atoms with van der Waals surface area (Å²) in [5.74, 6) is -70.2. The molecule has 6 aromatic rings. The molecule has 0 saturated carbocycles. The van der Waals surface area contributed by atoms with Gasteiger partial charge in [-0.25, -0.2) is 96.9 Å². The Balaban J connectivity index is 0.000000366. The minimum absolute atomic E-state index is 0.139. The summed E-state index contributed by atoms with van der Waals surface area (Å²) in [6.07, 6.45) is -3.34. The Morgan fingerprint density at radius 2 is 0.689 bits per heavy atom. The fraction of sp³-hybridized carbons (Fsp3) is 0.0811. The molecule has 322 valence electrons. The van der Waals surface area contributed by atoms with Gasteiger partial charge < -0.3 is 0 Å². The lowest BCUT2D eigenvalue weighted by atomic mass is 9.12. The second-order valence-corrected chi connectivity index (χ2v) is 12.7. The van der Waals surface area contributed by atoms with E-state index in [0.29, 0.717) is 6.54 Å². The van der Waals surface area contributed by atoms with Gasteiger partial charge in [-0.1, -0.05) is 30.3 Å². The molecule has 0 amide bonds. The van der Waals surface area contributed by atoms with E-state index in [1.165, 1.54) is 0 Å². The minimum Gasteiger partial charge on any atom is -0.290 e. The fourth-order valence-electron chi connectivity index (χ4n) is 6.51. The Morgan fingerprint density at radius 3 is 0.918 bits per heavy atom. The second-order valence-electron chi connectivity index (χ2n) is 12.7. The van der Waals surface area contributed by atoms with E-state index in [0.717, 1.165) is 11.4 Å². The first-order valence-electron chi connectivity index (χ1n) is 16.2. The first-order valence-corrected chi connectivity index (χ1v) is 16.2. The number of carbonyl (C=O) groups is 1. The van der Waals surface area contributed by atoms with Crippen LogP contribution in [0.4, 0.5) is 87.8 Å². The molecule has 0 aliphatic rings. The zero-order chi connectivity index (χ0) is 45.9. The van der Waals surface area contributed by atoms with Gasteiger partial charge in [-0.3, -0.25) is 4.79 Å². The quantitative estimate of drug-likeness (QED) is 0.0412. The van der Waals surface area contributed by atoms with Crippen molar-refractivity contribution in [2.24, 2.45) is 7.05 Å². The number of ketones is 1. The van der Waals surface area contributed by atoms with E-state index in [2.05, 4.69) is 0 Å². The Labute approximate surface area is 326 Å². The predicted molar refractivity (Wildman–Crippen MR) is 170 cm³/mol. The predicted octanol–water partition coefficient (Wildman–Crippen LogP) is 7.35. The molecule has 61 heavy (non-hydrogen) atoms. The summed E-state index contributed by atoms with van der Waals surface area (Å²) >= 11 is 0. The van der Waals surface area contributed by atoms with Crippen molar-refractivity contribution in [3.05, 3.63) is 170 Å². The number of halogens is 20. The van der Waals surface area contributed by atoms with Crippen molar-refractivity contribution < 1.29 is 97.2 Å². The smallest absolute Gasteiger partial charge is 0.253 e. The zero-order valence-electron chi connectivity index (χ0n) is 29.7. The Bertz CT molecular complexity index is 2390. The number of carbonyl (C=O) groups excluding carboxylic acids is 1. The number of rotatable bonds is 7.